The Morgan fingerprint density at radius 2 is 1.62 bits per heavy atom. The Balaban J connectivity index is 2.39. The van der Waals surface area contributed by atoms with Gasteiger partial charge >= 0.3 is 10.1 Å². The molecule has 0 aliphatic heterocycles. The molecule has 0 aliphatic rings. The SMILES string of the molecule is Cc1cc(CO)cc(C)c1OS(=O)(=O)c1ccc(F)cc1. The van der Waals surface area contributed by atoms with Gasteiger partial charge in [-0.3, -0.25) is 0 Å². The van der Waals surface area contributed by atoms with Gasteiger partial charge in [0.1, 0.15) is 16.5 Å². The average molecular weight is 310 g/mol. The Kier molecular flexibility index (Phi) is 4.29. The summed E-state index contributed by atoms with van der Waals surface area (Å²) in [6.07, 6.45) is 0. The summed E-state index contributed by atoms with van der Waals surface area (Å²) in [5.74, 6) is -0.301. The van der Waals surface area contributed by atoms with Gasteiger partial charge in [0, 0.05) is 0 Å². The van der Waals surface area contributed by atoms with Gasteiger partial charge in [0.25, 0.3) is 0 Å². The Hall–Kier alpha value is -1.92. The van der Waals surface area contributed by atoms with E-state index in [-0.39, 0.29) is 17.3 Å². The molecular weight excluding hydrogens is 295 g/mol. The molecule has 4 nitrogen and oxygen atoms in total. The van der Waals surface area contributed by atoms with Crippen LogP contribution in [0.4, 0.5) is 4.39 Å². The van der Waals surface area contributed by atoms with Gasteiger partial charge < -0.3 is 9.29 Å². The molecule has 0 fully saturated rings. The number of rotatable bonds is 4. The molecule has 0 radical (unpaired) electrons. The number of aryl methyl sites for hydroxylation is 2. The zero-order valence-corrected chi connectivity index (χ0v) is 12.4. The number of aliphatic hydroxyl groups is 1. The summed E-state index contributed by atoms with van der Waals surface area (Å²) >= 11 is 0. The van der Waals surface area contributed by atoms with E-state index in [0.717, 1.165) is 24.3 Å². The summed E-state index contributed by atoms with van der Waals surface area (Å²) in [7, 11) is -4.02. The molecule has 0 unspecified atom stereocenters. The van der Waals surface area contributed by atoms with Crippen molar-refractivity contribution < 1.29 is 22.1 Å². The van der Waals surface area contributed by atoms with Crippen LogP contribution in [0.15, 0.2) is 41.3 Å². The first kappa shape index (κ1) is 15.5. The molecule has 112 valence electrons. The molecule has 0 bridgehead atoms. The second kappa shape index (κ2) is 5.83. The third kappa shape index (κ3) is 3.40. The topological polar surface area (TPSA) is 63.6 Å². The molecule has 2 rings (SSSR count). The Morgan fingerprint density at radius 3 is 2.10 bits per heavy atom. The van der Waals surface area contributed by atoms with E-state index in [1.165, 1.54) is 0 Å². The number of hydrogen-bond donors (Lipinski definition) is 1. The van der Waals surface area contributed by atoms with Crippen molar-refractivity contribution in [1.29, 1.82) is 0 Å². The van der Waals surface area contributed by atoms with E-state index in [2.05, 4.69) is 0 Å². The van der Waals surface area contributed by atoms with Crippen LogP contribution in [0.25, 0.3) is 0 Å². The van der Waals surface area contributed by atoms with Crippen LogP contribution in [-0.2, 0) is 16.7 Å². The second-order valence-corrected chi connectivity index (χ2v) is 6.25. The molecule has 0 aromatic heterocycles. The molecule has 21 heavy (non-hydrogen) atoms. The molecule has 0 saturated carbocycles. The van der Waals surface area contributed by atoms with Gasteiger partial charge in [0.15, 0.2) is 0 Å². The summed E-state index contributed by atoms with van der Waals surface area (Å²) < 4.78 is 42.4. The predicted octanol–water partition coefficient (Wildman–Crippen LogP) is 2.70. The second-order valence-electron chi connectivity index (χ2n) is 4.71. The quantitative estimate of drug-likeness (QED) is 0.882. The molecule has 0 saturated heterocycles. The van der Waals surface area contributed by atoms with Crippen LogP contribution in [0.3, 0.4) is 0 Å². The Morgan fingerprint density at radius 1 is 1.10 bits per heavy atom. The molecule has 0 amide bonds. The molecule has 0 atom stereocenters. The summed E-state index contributed by atoms with van der Waals surface area (Å²) in [5.41, 5.74) is 1.88. The first-order valence-electron chi connectivity index (χ1n) is 6.24. The smallest absolute Gasteiger partial charge is 0.339 e. The Bertz CT molecular complexity index is 729. The van der Waals surface area contributed by atoms with Crippen molar-refractivity contribution in [2.45, 2.75) is 25.3 Å². The molecule has 0 heterocycles. The highest BCUT2D eigenvalue weighted by atomic mass is 32.2. The lowest BCUT2D eigenvalue weighted by molar-refractivity contribution is 0.281. The molecule has 6 heteroatoms. The van der Waals surface area contributed by atoms with Crippen molar-refractivity contribution in [2.75, 3.05) is 0 Å². The minimum absolute atomic E-state index is 0.117. The first-order valence-corrected chi connectivity index (χ1v) is 7.65. The molecular formula is C15H15FO4S. The summed E-state index contributed by atoms with van der Waals surface area (Å²) in [5, 5.41) is 9.12. The van der Waals surface area contributed by atoms with Gasteiger partial charge in [-0.05, 0) is 54.8 Å². The zero-order valence-electron chi connectivity index (χ0n) is 11.6. The van der Waals surface area contributed by atoms with Gasteiger partial charge in [0.05, 0.1) is 6.61 Å². The van der Waals surface area contributed by atoms with E-state index < -0.39 is 15.9 Å². The molecule has 1 N–H and O–H groups in total. The van der Waals surface area contributed by atoms with Gasteiger partial charge in [0.2, 0.25) is 0 Å². The van der Waals surface area contributed by atoms with E-state index in [1.54, 1.807) is 26.0 Å². The van der Waals surface area contributed by atoms with Crippen LogP contribution in [0, 0.1) is 19.7 Å². The lowest BCUT2D eigenvalue weighted by atomic mass is 10.1. The van der Waals surface area contributed by atoms with Crippen LogP contribution >= 0.6 is 0 Å². The van der Waals surface area contributed by atoms with Crippen LogP contribution in [-0.4, -0.2) is 13.5 Å². The highest BCUT2D eigenvalue weighted by molar-refractivity contribution is 7.87. The van der Waals surface area contributed by atoms with E-state index in [0.29, 0.717) is 16.7 Å². The standard InChI is InChI=1S/C15H15FO4S/c1-10-7-12(9-17)8-11(2)15(10)20-21(18,19)14-5-3-13(16)4-6-14/h3-8,17H,9H2,1-2H3. The fraction of sp³-hybridized carbons (Fsp3) is 0.200. The normalized spacial score (nSPS) is 11.4. The number of hydrogen-bond acceptors (Lipinski definition) is 4. The molecule has 0 aliphatic carbocycles. The number of benzene rings is 2. The predicted molar refractivity (Wildman–Crippen MR) is 76.1 cm³/mol. The van der Waals surface area contributed by atoms with Crippen molar-refractivity contribution in [3.63, 3.8) is 0 Å². The van der Waals surface area contributed by atoms with Crippen LogP contribution in [0.5, 0.6) is 5.75 Å². The largest absolute Gasteiger partial charge is 0.392 e. The third-order valence-corrected chi connectivity index (χ3v) is 4.23. The average Bonchev–Trinajstić information content (AvgIpc) is 2.43. The monoisotopic (exact) mass is 310 g/mol. The Labute approximate surface area is 122 Å². The molecule has 2 aromatic rings. The summed E-state index contributed by atoms with van der Waals surface area (Å²) in [6, 6.07) is 7.73. The van der Waals surface area contributed by atoms with Crippen molar-refractivity contribution in [3.05, 3.63) is 58.9 Å². The summed E-state index contributed by atoms with van der Waals surface area (Å²) in [4.78, 5) is -0.117. The van der Waals surface area contributed by atoms with Crippen molar-refractivity contribution in [2.24, 2.45) is 0 Å². The van der Waals surface area contributed by atoms with Crippen LogP contribution in [0.2, 0.25) is 0 Å². The van der Waals surface area contributed by atoms with Gasteiger partial charge in [-0.2, -0.15) is 8.42 Å². The zero-order chi connectivity index (χ0) is 15.6. The highest BCUT2D eigenvalue weighted by Crippen LogP contribution is 2.28. The highest BCUT2D eigenvalue weighted by Gasteiger charge is 2.19. The maximum Gasteiger partial charge on any atom is 0.339 e. The van der Waals surface area contributed by atoms with Crippen LogP contribution in [0.1, 0.15) is 16.7 Å². The molecule has 2 aromatic carbocycles. The van der Waals surface area contributed by atoms with Gasteiger partial charge in [-0.15, -0.1) is 0 Å². The van der Waals surface area contributed by atoms with E-state index in [1.807, 2.05) is 0 Å². The maximum absolute atomic E-state index is 12.9. The van der Waals surface area contributed by atoms with Crippen molar-refractivity contribution in [3.8, 4) is 5.75 Å². The minimum atomic E-state index is -4.02. The first-order chi connectivity index (χ1) is 9.83. The van der Waals surface area contributed by atoms with Gasteiger partial charge in [-0.1, -0.05) is 12.1 Å². The fourth-order valence-corrected chi connectivity index (χ4v) is 3.07. The minimum Gasteiger partial charge on any atom is -0.392 e. The van der Waals surface area contributed by atoms with E-state index in [9.17, 15) is 12.8 Å². The number of aliphatic hydroxyl groups excluding tert-OH is 1. The fourth-order valence-electron chi connectivity index (χ4n) is 2.02. The van der Waals surface area contributed by atoms with Crippen molar-refractivity contribution >= 4 is 10.1 Å². The van der Waals surface area contributed by atoms with Crippen LogP contribution < -0.4 is 4.18 Å². The maximum atomic E-state index is 12.9. The number of halogens is 1. The summed E-state index contributed by atoms with van der Waals surface area (Å²) in [6.45, 7) is 3.26. The van der Waals surface area contributed by atoms with Crippen molar-refractivity contribution in [1.82, 2.24) is 0 Å². The lowest BCUT2D eigenvalue weighted by Gasteiger charge is -2.13. The lowest BCUT2D eigenvalue weighted by Crippen LogP contribution is -2.11. The van der Waals surface area contributed by atoms with E-state index in [4.69, 9.17) is 9.29 Å². The third-order valence-electron chi connectivity index (χ3n) is 3.00. The molecule has 0 spiro atoms. The van der Waals surface area contributed by atoms with Gasteiger partial charge in [-0.25, -0.2) is 4.39 Å². The van der Waals surface area contributed by atoms with E-state index >= 15 is 0 Å².